The molecule has 0 amide bonds. The van der Waals surface area contributed by atoms with Crippen LogP contribution in [-0.4, -0.2) is 18.6 Å². The predicted molar refractivity (Wildman–Crippen MR) is 65.1 cm³/mol. The van der Waals surface area contributed by atoms with Gasteiger partial charge in [-0.15, -0.1) is 0 Å². The number of hydrogen-bond acceptors (Lipinski definition) is 2. The van der Waals surface area contributed by atoms with Crippen molar-refractivity contribution in [3.05, 3.63) is 28.7 Å². The van der Waals surface area contributed by atoms with Crippen molar-refractivity contribution in [2.24, 2.45) is 0 Å². The van der Waals surface area contributed by atoms with E-state index in [2.05, 4.69) is 38.5 Å². The molecule has 2 nitrogen and oxygen atoms in total. The molecule has 0 aliphatic carbocycles. The quantitative estimate of drug-likeness (QED) is 0.602. The zero-order chi connectivity index (χ0) is 9.90. The summed E-state index contributed by atoms with van der Waals surface area (Å²) in [6.45, 7) is 0. The van der Waals surface area contributed by atoms with E-state index in [1.807, 2.05) is 0 Å². The first-order valence-corrected chi connectivity index (χ1v) is 7.57. The lowest BCUT2D eigenvalue weighted by Crippen LogP contribution is -2.07. The largest absolute Gasteiger partial charge is 0.224 e. The Hall–Kier alpha value is 0.380. The maximum atomic E-state index is 11.5. The normalized spacial score (nSPS) is 11.5. The van der Waals surface area contributed by atoms with Crippen LogP contribution in [0.15, 0.2) is 33.6 Å². The third-order valence-electron chi connectivity index (χ3n) is 1.52. The molecule has 5 heteroatoms. The SMILES string of the molecule is O=S(=O)(CCI)c1ccc(Br)cc1. The van der Waals surface area contributed by atoms with Gasteiger partial charge in [-0.2, -0.15) is 0 Å². The lowest BCUT2D eigenvalue weighted by Gasteiger charge is -2.01. The van der Waals surface area contributed by atoms with Crippen LogP contribution in [0.4, 0.5) is 0 Å². The summed E-state index contributed by atoms with van der Waals surface area (Å²) in [7, 11) is -3.06. The van der Waals surface area contributed by atoms with Crippen LogP contribution in [0.3, 0.4) is 0 Å². The van der Waals surface area contributed by atoms with Crippen molar-refractivity contribution >= 4 is 48.4 Å². The van der Waals surface area contributed by atoms with Gasteiger partial charge in [-0.1, -0.05) is 38.5 Å². The Morgan fingerprint density at radius 1 is 1.23 bits per heavy atom. The predicted octanol–water partition coefficient (Wildman–Crippen LogP) is 2.66. The van der Waals surface area contributed by atoms with Crippen LogP contribution in [0.25, 0.3) is 0 Å². The maximum Gasteiger partial charge on any atom is 0.179 e. The molecule has 72 valence electrons. The summed E-state index contributed by atoms with van der Waals surface area (Å²) >= 11 is 5.31. The zero-order valence-corrected chi connectivity index (χ0v) is 11.3. The number of benzene rings is 1. The number of alkyl halides is 1. The second-order valence-electron chi connectivity index (χ2n) is 2.46. The lowest BCUT2D eigenvalue weighted by molar-refractivity contribution is 0.598. The molecule has 0 spiro atoms. The van der Waals surface area contributed by atoms with Crippen molar-refractivity contribution < 1.29 is 8.42 Å². The molecule has 0 fully saturated rings. The highest BCUT2D eigenvalue weighted by Gasteiger charge is 2.12. The molecule has 1 aromatic rings. The van der Waals surface area contributed by atoms with Crippen LogP contribution in [0.1, 0.15) is 0 Å². The van der Waals surface area contributed by atoms with Crippen LogP contribution in [-0.2, 0) is 9.84 Å². The van der Waals surface area contributed by atoms with E-state index in [0.29, 0.717) is 9.32 Å². The van der Waals surface area contributed by atoms with E-state index >= 15 is 0 Å². The Morgan fingerprint density at radius 2 is 1.77 bits per heavy atom. The van der Waals surface area contributed by atoms with Crippen LogP contribution < -0.4 is 0 Å². The van der Waals surface area contributed by atoms with Crippen molar-refractivity contribution in [2.45, 2.75) is 4.90 Å². The van der Waals surface area contributed by atoms with Crippen molar-refractivity contribution in [1.82, 2.24) is 0 Å². The molecule has 13 heavy (non-hydrogen) atoms. The molecule has 0 aliphatic heterocycles. The highest BCUT2D eigenvalue weighted by molar-refractivity contribution is 14.1. The Labute approximate surface area is 99.9 Å². The van der Waals surface area contributed by atoms with E-state index in [1.165, 1.54) is 0 Å². The molecule has 1 rings (SSSR count). The number of halogens is 2. The fourth-order valence-electron chi connectivity index (χ4n) is 0.861. The summed E-state index contributed by atoms with van der Waals surface area (Å²) in [6.07, 6.45) is 0. The zero-order valence-electron chi connectivity index (χ0n) is 6.70. The van der Waals surface area contributed by atoms with Crippen LogP contribution in [0.5, 0.6) is 0 Å². The number of rotatable bonds is 3. The molecule has 0 saturated heterocycles. The second-order valence-corrected chi connectivity index (χ2v) is 6.57. The van der Waals surface area contributed by atoms with E-state index < -0.39 is 9.84 Å². The van der Waals surface area contributed by atoms with E-state index in [-0.39, 0.29) is 5.75 Å². The first kappa shape index (κ1) is 11.5. The van der Waals surface area contributed by atoms with Gasteiger partial charge in [-0.3, -0.25) is 0 Å². The fourth-order valence-corrected chi connectivity index (χ4v) is 3.85. The van der Waals surface area contributed by atoms with Gasteiger partial charge in [0.1, 0.15) is 0 Å². The fraction of sp³-hybridized carbons (Fsp3) is 0.250. The summed E-state index contributed by atoms with van der Waals surface area (Å²) in [5.41, 5.74) is 0. The average molecular weight is 375 g/mol. The van der Waals surface area contributed by atoms with Crippen molar-refractivity contribution in [2.75, 3.05) is 10.2 Å². The van der Waals surface area contributed by atoms with Gasteiger partial charge in [-0.05, 0) is 24.3 Å². The summed E-state index contributed by atoms with van der Waals surface area (Å²) in [5, 5.41) is 0. The second kappa shape index (κ2) is 4.75. The minimum atomic E-state index is -3.06. The van der Waals surface area contributed by atoms with Gasteiger partial charge < -0.3 is 0 Å². The van der Waals surface area contributed by atoms with Gasteiger partial charge >= 0.3 is 0 Å². The standard InChI is InChI=1S/C8H8BrIO2S/c9-7-1-3-8(4-2-7)13(11,12)6-5-10/h1-4H,5-6H2. The summed E-state index contributed by atoms with van der Waals surface area (Å²) in [4.78, 5) is 0.396. The van der Waals surface area contributed by atoms with Crippen molar-refractivity contribution in [3.63, 3.8) is 0 Å². The topological polar surface area (TPSA) is 34.1 Å². The summed E-state index contributed by atoms with van der Waals surface area (Å²) < 4.78 is 24.6. The van der Waals surface area contributed by atoms with Crippen LogP contribution >= 0.6 is 38.5 Å². The van der Waals surface area contributed by atoms with Gasteiger partial charge in [0.2, 0.25) is 0 Å². The highest BCUT2D eigenvalue weighted by atomic mass is 127. The van der Waals surface area contributed by atoms with Crippen molar-refractivity contribution in [3.8, 4) is 0 Å². The van der Waals surface area contributed by atoms with E-state index in [1.54, 1.807) is 24.3 Å². The third-order valence-corrected chi connectivity index (χ3v) is 5.05. The van der Waals surface area contributed by atoms with Crippen LogP contribution in [0, 0.1) is 0 Å². The Kier molecular flexibility index (Phi) is 4.18. The molecule has 0 atom stereocenters. The summed E-state index contributed by atoms with van der Waals surface area (Å²) in [6, 6.07) is 6.71. The van der Waals surface area contributed by atoms with E-state index in [9.17, 15) is 8.42 Å². The third kappa shape index (κ3) is 3.21. The number of sulfone groups is 1. The lowest BCUT2D eigenvalue weighted by atomic mass is 10.4. The first-order valence-electron chi connectivity index (χ1n) is 3.60. The Bertz CT molecular complexity index is 372. The minimum absolute atomic E-state index is 0.204. The monoisotopic (exact) mass is 374 g/mol. The maximum absolute atomic E-state index is 11.5. The molecule has 0 aromatic heterocycles. The molecule has 0 radical (unpaired) electrons. The minimum Gasteiger partial charge on any atom is -0.224 e. The van der Waals surface area contributed by atoms with Crippen molar-refractivity contribution in [1.29, 1.82) is 0 Å². The molecular formula is C8H8BrIO2S. The highest BCUT2D eigenvalue weighted by Crippen LogP contribution is 2.16. The molecule has 0 unspecified atom stereocenters. The van der Waals surface area contributed by atoms with Gasteiger partial charge in [0.05, 0.1) is 10.6 Å². The molecule has 0 bridgehead atoms. The molecule has 0 saturated carbocycles. The molecule has 0 N–H and O–H groups in total. The molecule has 0 heterocycles. The molecule has 1 aromatic carbocycles. The van der Waals surface area contributed by atoms with E-state index in [0.717, 1.165) is 4.47 Å². The van der Waals surface area contributed by atoms with Gasteiger partial charge in [0.25, 0.3) is 0 Å². The van der Waals surface area contributed by atoms with Gasteiger partial charge in [0, 0.05) is 8.90 Å². The van der Waals surface area contributed by atoms with E-state index in [4.69, 9.17) is 0 Å². The van der Waals surface area contributed by atoms with Gasteiger partial charge in [-0.25, -0.2) is 8.42 Å². The Morgan fingerprint density at radius 3 is 2.23 bits per heavy atom. The first-order chi connectivity index (χ1) is 6.06. The van der Waals surface area contributed by atoms with Crippen LogP contribution in [0.2, 0.25) is 0 Å². The smallest absolute Gasteiger partial charge is 0.179 e. The molecular weight excluding hydrogens is 367 g/mol. The summed E-state index contributed by atoms with van der Waals surface area (Å²) in [5.74, 6) is 0.204. The molecule has 0 aliphatic rings. The Balaban J connectivity index is 3.02. The van der Waals surface area contributed by atoms with Gasteiger partial charge in [0.15, 0.2) is 9.84 Å². The average Bonchev–Trinajstić information content (AvgIpc) is 2.05. The number of hydrogen-bond donors (Lipinski definition) is 0.